The van der Waals surface area contributed by atoms with Crippen LogP contribution in [0, 0.1) is 11.3 Å². The van der Waals surface area contributed by atoms with Gasteiger partial charge in [-0.1, -0.05) is 158 Å². The smallest absolute Gasteiger partial charge is 0.164 e. The van der Waals surface area contributed by atoms with E-state index in [4.69, 9.17) is 19.4 Å². The predicted octanol–water partition coefficient (Wildman–Crippen LogP) is 13.3. The van der Waals surface area contributed by atoms with Gasteiger partial charge in [-0.05, 0) is 80.9 Å². The maximum atomic E-state index is 9.69. The number of aromatic nitrogens is 3. The van der Waals surface area contributed by atoms with Crippen LogP contribution < -0.4 is 0 Å². The molecule has 0 atom stereocenters. The molecule has 5 nitrogen and oxygen atoms in total. The minimum atomic E-state index is 0.527. The molecule has 0 N–H and O–H groups in total. The summed E-state index contributed by atoms with van der Waals surface area (Å²) >= 11 is 0. The molecule has 0 spiro atoms. The van der Waals surface area contributed by atoms with Crippen molar-refractivity contribution in [2.24, 2.45) is 0 Å². The molecule has 10 rings (SSSR count). The summed E-state index contributed by atoms with van der Waals surface area (Å²) in [6, 6.07) is 68.1. The quantitative estimate of drug-likeness (QED) is 0.163. The van der Waals surface area contributed by atoms with Crippen LogP contribution in [0.2, 0.25) is 0 Å². The number of rotatable bonds is 7. The number of nitriles is 1. The Bertz CT molecular complexity index is 3130. The zero-order chi connectivity index (χ0) is 38.1. The van der Waals surface area contributed by atoms with Crippen LogP contribution in [0.15, 0.2) is 199 Å². The molecule has 0 bridgehead atoms. The Morgan fingerprint density at radius 1 is 0.351 bits per heavy atom. The third kappa shape index (κ3) is 6.42. The van der Waals surface area contributed by atoms with Crippen LogP contribution in [0.3, 0.4) is 0 Å². The molecule has 0 saturated heterocycles. The molecule has 8 aromatic carbocycles. The van der Waals surface area contributed by atoms with Gasteiger partial charge in [-0.2, -0.15) is 5.26 Å². The summed E-state index contributed by atoms with van der Waals surface area (Å²) in [7, 11) is 0. The van der Waals surface area contributed by atoms with Crippen molar-refractivity contribution in [1.29, 1.82) is 5.26 Å². The highest BCUT2D eigenvalue weighted by atomic mass is 16.3. The van der Waals surface area contributed by atoms with Crippen molar-refractivity contribution in [1.82, 2.24) is 15.0 Å². The monoisotopic (exact) mass is 728 g/mol. The lowest BCUT2D eigenvalue weighted by molar-refractivity contribution is 0.669. The fourth-order valence-corrected chi connectivity index (χ4v) is 7.59. The van der Waals surface area contributed by atoms with Gasteiger partial charge in [0, 0.05) is 27.5 Å². The van der Waals surface area contributed by atoms with Gasteiger partial charge in [0.25, 0.3) is 0 Å². The van der Waals surface area contributed by atoms with Crippen molar-refractivity contribution in [3.8, 4) is 84.7 Å². The third-order valence-electron chi connectivity index (χ3n) is 10.4. The molecule has 5 heteroatoms. The minimum absolute atomic E-state index is 0.527. The summed E-state index contributed by atoms with van der Waals surface area (Å²) in [4.78, 5) is 15.4. The van der Waals surface area contributed by atoms with Crippen molar-refractivity contribution in [2.45, 2.75) is 0 Å². The van der Waals surface area contributed by atoms with Crippen LogP contribution in [0.4, 0.5) is 0 Å². The average Bonchev–Trinajstić information content (AvgIpc) is 3.68. The molecule has 0 fully saturated rings. The van der Waals surface area contributed by atoms with Crippen LogP contribution in [-0.4, -0.2) is 15.0 Å². The molecule has 57 heavy (non-hydrogen) atoms. The summed E-state index contributed by atoms with van der Waals surface area (Å²) in [5.41, 5.74) is 13.3. The van der Waals surface area contributed by atoms with Gasteiger partial charge >= 0.3 is 0 Å². The second-order valence-electron chi connectivity index (χ2n) is 13.9. The summed E-state index contributed by atoms with van der Waals surface area (Å²) in [5.74, 6) is 1.61. The first kappa shape index (κ1) is 33.6. The molecular formula is C52H32N4O. The molecule has 0 radical (unpaired) electrons. The van der Waals surface area contributed by atoms with Crippen molar-refractivity contribution < 1.29 is 4.42 Å². The molecule has 2 aromatic heterocycles. The highest BCUT2D eigenvalue weighted by molar-refractivity contribution is 6.13. The number of hydrogen-bond donors (Lipinski definition) is 0. The van der Waals surface area contributed by atoms with E-state index < -0.39 is 0 Å². The van der Waals surface area contributed by atoms with Gasteiger partial charge in [0.1, 0.15) is 11.2 Å². The fraction of sp³-hybridized carbons (Fsp3) is 0. The molecule has 266 valence electrons. The maximum absolute atomic E-state index is 9.69. The number of benzene rings is 8. The summed E-state index contributed by atoms with van der Waals surface area (Å²) in [5, 5.41) is 11.8. The minimum Gasteiger partial charge on any atom is -0.456 e. The number of furan rings is 1. The van der Waals surface area contributed by atoms with Gasteiger partial charge in [0.15, 0.2) is 17.5 Å². The van der Waals surface area contributed by atoms with Crippen LogP contribution >= 0.6 is 0 Å². The van der Waals surface area contributed by atoms with Crippen LogP contribution in [0.1, 0.15) is 5.56 Å². The van der Waals surface area contributed by atoms with E-state index in [-0.39, 0.29) is 0 Å². The Kier molecular flexibility index (Phi) is 8.48. The molecule has 0 unspecified atom stereocenters. The molecule has 2 heterocycles. The molecular weight excluding hydrogens is 697 g/mol. The van der Waals surface area contributed by atoms with E-state index in [0.29, 0.717) is 23.0 Å². The highest BCUT2D eigenvalue weighted by Crippen LogP contribution is 2.39. The van der Waals surface area contributed by atoms with E-state index in [1.165, 1.54) is 11.1 Å². The molecule has 0 aliphatic carbocycles. The topological polar surface area (TPSA) is 75.6 Å². The molecule has 0 saturated carbocycles. The zero-order valence-corrected chi connectivity index (χ0v) is 30.7. The van der Waals surface area contributed by atoms with Crippen LogP contribution in [-0.2, 0) is 0 Å². The second kappa shape index (κ2) is 14.4. The van der Waals surface area contributed by atoms with Crippen molar-refractivity contribution in [3.63, 3.8) is 0 Å². The lowest BCUT2D eigenvalue weighted by atomic mass is 9.97. The van der Waals surface area contributed by atoms with Gasteiger partial charge in [-0.3, -0.25) is 0 Å². The van der Waals surface area contributed by atoms with E-state index in [0.717, 1.165) is 72.0 Å². The molecule has 0 aliphatic heterocycles. The maximum Gasteiger partial charge on any atom is 0.164 e. The average molecular weight is 729 g/mol. The SMILES string of the molecule is N#Cc1cccc(-c2ccccc2-c2nc(-c3cccc(-c4ccc(-c5ccccc5)cc4)c3)nc(-c3ccc4c(c3)oc3cccc(-c5ccccc5)c34)n2)c1. The Balaban J connectivity index is 1.12. The van der Waals surface area contributed by atoms with Crippen LogP contribution in [0.5, 0.6) is 0 Å². The Hall–Kier alpha value is -7.94. The van der Waals surface area contributed by atoms with E-state index >= 15 is 0 Å². The van der Waals surface area contributed by atoms with E-state index in [1.807, 2.05) is 91.0 Å². The highest BCUT2D eigenvalue weighted by Gasteiger charge is 2.19. The Morgan fingerprint density at radius 2 is 0.877 bits per heavy atom. The lowest BCUT2D eigenvalue weighted by Crippen LogP contribution is -2.01. The summed E-state index contributed by atoms with van der Waals surface area (Å²) in [6.07, 6.45) is 0. The van der Waals surface area contributed by atoms with Crippen LogP contribution in [0.25, 0.3) is 101 Å². The Labute approximate surface area is 329 Å². The van der Waals surface area contributed by atoms with Crippen molar-refractivity contribution in [3.05, 3.63) is 200 Å². The van der Waals surface area contributed by atoms with Gasteiger partial charge in [-0.25, -0.2) is 15.0 Å². The number of fused-ring (bicyclic) bond motifs is 3. The first-order valence-corrected chi connectivity index (χ1v) is 18.8. The van der Waals surface area contributed by atoms with Gasteiger partial charge in [-0.15, -0.1) is 0 Å². The molecule has 10 aromatic rings. The lowest BCUT2D eigenvalue weighted by Gasteiger charge is -2.13. The molecule has 0 amide bonds. The van der Waals surface area contributed by atoms with Gasteiger partial charge in [0.05, 0.1) is 11.6 Å². The third-order valence-corrected chi connectivity index (χ3v) is 10.4. The molecule has 0 aliphatic rings. The zero-order valence-electron chi connectivity index (χ0n) is 30.7. The first-order valence-electron chi connectivity index (χ1n) is 18.8. The number of hydrogen-bond acceptors (Lipinski definition) is 5. The summed E-state index contributed by atoms with van der Waals surface area (Å²) in [6.45, 7) is 0. The fourth-order valence-electron chi connectivity index (χ4n) is 7.59. The number of nitrogens with zero attached hydrogens (tertiary/aromatic N) is 4. The normalized spacial score (nSPS) is 11.1. The van der Waals surface area contributed by atoms with Crippen molar-refractivity contribution in [2.75, 3.05) is 0 Å². The second-order valence-corrected chi connectivity index (χ2v) is 13.9. The van der Waals surface area contributed by atoms with Crippen molar-refractivity contribution >= 4 is 21.9 Å². The first-order chi connectivity index (χ1) is 28.2. The summed E-state index contributed by atoms with van der Waals surface area (Å²) < 4.78 is 6.51. The Morgan fingerprint density at radius 3 is 1.63 bits per heavy atom. The van der Waals surface area contributed by atoms with E-state index in [1.54, 1.807) is 0 Å². The predicted molar refractivity (Wildman–Crippen MR) is 230 cm³/mol. The standard InChI is InChI=1S/C52H32N4O/c53-33-34-12-9-18-40(30-34)43-20-7-8-21-45(43)52-55-50(41-19-10-17-39(31-41)37-26-24-36(25-27-37)35-13-3-1-4-14-35)54-51(56-52)42-28-29-46-48(32-42)57-47-23-11-22-44(49(46)47)38-15-5-2-6-16-38/h1-32H. The van der Waals surface area contributed by atoms with E-state index in [9.17, 15) is 5.26 Å². The van der Waals surface area contributed by atoms with E-state index in [2.05, 4.69) is 109 Å². The van der Waals surface area contributed by atoms with Gasteiger partial charge < -0.3 is 4.42 Å². The van der Waals surface area contributed by atoms with Gasteiger partial charge in [0.2, 0.25) is 0 Å². The largest absolute Gasteiger partial charge is 0.456 e.